The zero-order chi connectivity index (χ0) is 23.4. The molecule has 2 N–H and O–H groups in total. The van der Waals surface area contributed by atoms with E-state index in [9.17, 15) is 9.59 Å². The molecule has 0 spiro atoms. The van der Waals surface area contributed by atoms with E-state index < -0.39 is 23.4 Å². The predicted octanol–water partition coefficient (Wildman–Crippen LogP) is 1.46. The highest BCUT2D eigenvalue weighted by Crippen LogP contribution is 2.17. The van der Waals surface area contributed by atoms with Gasteiger partial charge in [-0.3, -0.25) is 4.90 Å². The van der Waals surface area contributed by atoms with E-state index in [0.717, 1.165) is 0 Å². The molecule has 2 amide bonds. The lowest BCUT2D eigenvalue weighted by Crippen LogP contribution is -2.46. The quantitative estimate of drug-likeness (QED) is 0.690. The molecular formula is C20H31BN6O4. The molecular weight excluding hydrogens is 399 g/mol. The molecule has 0 saturated heterocycles. The van der Waals surface area contributed by atoms with Crippen LogP contribution in [0.5, 0.6) is 0 Å². The van der Waals surface area contributed by atoms with Crippen molar-refractivity contribution in [3.8, 4) is 0 Å². The van der Waals surface area contributed by atoms with Gasteiger partial charge in [-0.15, -0.1) is 0 Å². The highest BCUT2D eigenvalue weighted by molar-refractivity contribution is 6.36. The SMILES string of the molecule is [B]c1cnn2ccc(N(CCN(CCN)C(=O)OC(C)(C)C)C(=O)OC(C)(C)C)nc12. The fraction of sp³-hybridized carbons (Fsp3) is 0.600. The van der Waals surface area contributed by atoms with E-state index in [1.807, 2.05) is 0 Å². The van der Waals surface area contributed by atoms with Gasteiger partial charge in [0.05, 0.1) is 0 Å². The van der Waals surface area contributed by atoms with E-state index in [1.54, 1.807) is 53.8 Å². The number of nitrogens with zero attached hydrogens (tertiary/aromatic N) is 5. The van der Waals surface area contributed by atoms with Gasteiger partial charge in [-0.2, -0.15) is 5.10 Å². The van der Waals surface area contributed by atoms with Crippen molar-refractivity contribution in [3.63, 3.8) is 0 Å². The van der Waals surface area contributed by atoms with Crippen LogP contribution >= 0.6 is 0 Å². The lowest BCUT2D eigenvalue weighted by molar-refractivity contribution is 0.0253. The van der Waals surface area contributed by atoms with Gasteiger partial charge in [-0.1, -0.05) is 0 Å². The number of hydrogen-bond donors (Lipinski definition) is 1. The van der Waals surface area contributed by atoms with Gasteiger partial charge in [-0.25, -0.2) is 19.1 Å². The minimum atomic E-state index is -0.711. The Morgan fingerprint density at radius 3 is 2.26 bits per heavy atom. The molecule has 2 heterocycles. The van der Waals surface area contributed by atoms with Gasteiger partial charge in [0.25, 0.3) is 0 Å². The fourth-order valence-corrected chi connectivity index (χ4v) is 2.64. The summed E-state index contributed by atoms with van der Waals surface area (Å²) in [7, 11) is 5.92. The highest BCUT2D eigenvalue weighted by atomic mass is 16.6. The first-order valence-electron chi connectivity index (χ1n) is 10.1. The maximum absolute atomic E-state index is 12.9. The molecule has 0 saturated carbocycles. The van der Waals surface area contributed by atoms with Crippen molar-refractivity contribution in [1.82, 2.24) is 19.5 Å². The summed E-state index contributed by atoms with van der Waals surface area (Å²) in [6, 6.07) is 1.63. The Kier molecular flexibility index (Phi) is 7.53. The van der Waals surface area contributed by atoms with Crippen molar-refractivity contribution >= 4 is 37.0 Å². The van der Waals surface area contributed by atoms with Crippen LogP contribution < -0.4 is 16.1 Å². The van der Waals surface area contributed by atoms with Gasteiger partial charge in [0.1, 0.15) is 30.5 Å². The number of anilines is 1. The second-order valence-electron chi connectivity index (χ2n) is 9.04. The second kappa shape index (κ2) is 9.55. The van der Waals surface area contributed by atoms with E-state index in [2.05, 4.69) is 10.1 Å². The van der Waals surface area contributed by atoms with Gasteiger partial charge in [0.2, 0.25) is 0 Å². The molecule has 11 heteroatoms. The normalized spacial score (nSPS) is 12.0. The molecule has 0 aliphatic carbocycles. The van der Waals surface area contributed by atoms with Crippen molar-refractivity contribution < 1.29 is 19.1 Å². The van der Waals surface area contributed by atoms with Gasteiger partial charge >= 0.3 is 12.2 Å². The Bertz CT molecular complexity index is 919. The van der Waals surface area contributed by atoms with Gasteiger partial charge in [0.15, 0.2) is 0 Å². The third-order valence-electron chi connectivity index (χ3n) is 3.92. The number of rotatable bonds is 6. The zero-order valence-electron chi connectivity index (χ0n) is 19.1. The summed E-state index contributed by atoms with van der Waals surface area (Å²) in [6.45, 7) is 11.5. The molecule has 0 bridgehead atoms. The summed E-state index contributed by atoms with van der Waals surface area (Å²) in [5.74, 6) is 0.325. The van der Waals surface area contributed by atoms with Crippen LogP contribution in [0.1, 0.15) is 41.5 Å². The third kappa shape index (κ3) is 7.13. The van der Waals surface area contributed by atoms with E-state index in [0.29, 0.717) is 16.9 Å². The van der Waals surface area contributed by atoms with E-state index >= 15 is 0 Å². The maximum Gasteiger partial charge on any atom is 0.416 e. The molecule has 0 aliphatic heterocycles. The van der Waals surface area contributed by atoms with Crippen LogP contribution in [0.15, 0.2) is 18.5 Å². The highest BCUT2D eigenvalue weighted by Gasteiger charge is 2.27. The molecule has 0 aromatic carbocycles. The van der Waals surface area contributed by atoms with Gasteiger partial charge in [0, 0.05) is 38.6 Å². The minimum absolute atomic E-state index is 0.116. The molecule has 0 aliphatic rings. The first-order chi connectivity index (χ1) is 14.3. The second-order valence-corrected chi connectivity index (χ2v) is 9.04. The van der Waals surface area contributed by atoms with Crippen LogP contribution in [-0.4, -0.2) is 76.9 Å². The number of nitrogens with two attached hydrogens (primary N) is 1. The molecule has 2 radical (unpaired) electrons. The van der Waals surface area contributed by atoms with E-state index in [-0.39, 0.29) is 26.2 Å². The number of fused-ring (bicyclic) bond motifs is 1. The lowest BCUT2D eigenvalue weighted by atomic mass is 10.0. The molecule has 10 nitrogen and oxygen atoms in total. The minimum Gasteiger partial charge on any atom is -0.444 e. The number of aromatic nitrogens is 3. The summed E-state index contributed by atoms with van der Waals surface area (Å²) in [6.07, 6.45) is 2.02. The van der Waals surface area contributed by atoms with Crippen molar-refractivity contribution in [1.29, 1.82) is 0 Å². The van der Waals surface area contributed by atoms with Crippen molar-refractivity contribution in [2.24, 2.45) is 5.73 Å². The lowest BCUT2D eigenvalue weighted by Gasteiger charge is -2.30. The predicted molar refractivity (Wildman–Crippen MR) is 119 cm³/mol. The molecule has 2 aromatic heterocycles. The summed E-state index contributed by atoms with van der Waals surface area (Å²) < 4.78 is 12.5. The molecule has 31 heavy (non-hydrogen) atoms. The number of hydrogen-bond acceptors (Lipinski definition) is 7. The zero-order valence-corrected chi connectivity index (χ0v) is 19.1. The fourth-order valence-electron chi connectivity index (χ4n) is 2.64. The number of carbonyl (C=O) groups is 2. The molecule has 2 aromatic rings. The van der Waals surface area contributed by atoms with Crippen LogP contribution in [0.2, 0.25) is 0 Å². The Morgan fingerprint density at radius 2 is 1.68 bits per heavy atom. The first kappa shape index (κ1) is 24.5. The largest absolute Gasteiger partial charge is 0.444 e. The Morgan fingerprint density at radius 1 is 1.06 bits per heavy atom. The molecule has 0 fully saturated rings. The van der Waals surface area contributed by atoms with Crippen molar-refractivity contribution in [2.45, 2.75) is 52.7 Å². The molecule has 0 unspecified atom stereocenters. The Labute approximate surface area is 184 Å². The van der Waals surface area contributed by atoms with Gasteiger partial charge in [-0.05, 0) is 53.1 Å². The van der Waals surface area contributed by atoms with E-state index in [4.69, 9.17) is 23.1 Å². The van der Waals surface area contributed by atoms with Crippen molar-refractivity contribution in [3.05, 3.63) is 18.5 Å². The molecule has 2 rings (SSSR count). The topological polar surface area (TPSA) is 115 Å². The first-order valence-corrected chi connectivity index (χ1v) is 10.1. The number of carbonyl (C=O) groups excluding carboxylic acids is 2. The van der Waals surface area contributed by atoms with Crippen LogP contribution in [0.4, 0.5) is 15.4 Å². The monoisotopic (exact) mass is 430 g/mol. The number of amides is 2. The van der Waals surface area contributed by atoms with Crippen LogP contribution in [0, 0.1) is 0 Å². The maximum atomic E-state index is 12.9. The average molecular weight is 430 g/mol. The van der Waals surface area contributed by atoms with E-state index in [1.165, 1.54) is 20.5 Å². The third-order valence-corrected chi connectivity index (χ3v) is 3.92. The standard InChI is InChI=1S/C20H31BN6O4/c1-19(2,3)30-17(28)25(10-8-22)11-12-26(18(29)31-20(4,5)6)15-7-9-27-16(24-15)14(21)13-23-27/h7,9,13H,8,10-12,22H2,1-6H3. The smallest absolute Gasteiger partial charge is 0.416 e. The van der Waals surface area contributed by atoms with Gasteiger partial charge < -0.3 is 20.1 Å². The van der Waals surface area contributed by atoms with Crippen LogP contribution in [-0.2, 0) is 9.47 Å². The van der Waals surface area contributed by atoms with Crippen LogP contribution in [0.25, 0.3) is 5.65 Å². The van der Waals surface area contributed by atoms with Crippen LogP contribution in [0.3, 0.4) is 0 Å². The summed E-state index contributed by atoms with van der Waals surface area (Å²) >= 11 is 0. The molecule has 168 valence electrons. The molecule has 0 atom stereocenters. The summed E-state index contributed by atoms with van der Waals surface area (Å²) in [4.78, 5) is 32.8. The summed E-state index contributed by atoms with van der Waals surface area (Å²) in [5, 5.41) is 4.09. The van der Waals surface area contributed by atoms with Crippen molar-refractivity contribution in [2.75, 3.05) is 31.1 Å². The Hall–Kier alpha value is -2.82. The average Bonchev–Trinajstić information content (AvgIpc) is 2.98. The number of ether oxygens (including phenoxy) is 2. The summed E-state index contributed by atoms with van der Waals surface area (Å²) in [5.41, 5.74) is 5.10. The Balaban J connectivity index is 2.29.